The first-order valence-electron chi connectivity index (χ1n) is 5.42. The molecule has 0 aliphatic carbocycles. The summed E-state index contributed by atoms with van der Waals surface area (Å²) in [5.41, 5.74) is 0.325. The first-order valence-corrected chi connectivity index (χ1v) is 5.42. The highest BCUT2D eigenvalue weighted by Crippen LogP contribution is 2.06. The fourth-order valence-corrected chi connectivity index (χ4v) is 1.37. The third kappa shape index (κ3) is 3.66. The lowest BCUT2D eigenvalue weighted by Crippen LogP contribution is -2.35. The van der Waals surface area contributed by atoms with Crippen LogP contribution in [-0.4, -0.2) is 30.8 Å². The molecule has 1 heterocycles. The molecule has 0 aliphatic heterocycles. The third-order valence-corrected chi connectivity index (χ3v) is 2.08. The normalized spacial score (nSPS) is 12.4. The van der Waals surface area contributed by atoms with E-state index in [4.69, 9.17) is 9.26 Å². The number of carbonyl (C=O) groups is 1. The minimum absolute atomic E-state index is 0.0381. The number of hydrogen-bond acceptors (Lipinski definition) is 4. The fourth-order valence-electron chi connectivity index (χ4n) is 1.37. The molecule has 0 bridgehead atoms. The molecule has 0 radical (unpaired) electrons. The number of nitrogens with zero attached hydrogens (tertiary/aromatic N) is 1. The molecule has 1 amide bonds. The lowest BCUT2D eigenvalue weighted by molar-refractivity contribution is 0.0896. The second-order valence-electron chi connectivity index (χ2n) is 3.76. The predicted octanol–water partition coefficient (Wildman–Crippen LogP) is 1.39. The summed E-state index contributed by atoms with van der Waals surface area (Å²) in [6.07, 6.45) is 1.77. The van der Waals surface area contributed by atoms with Gasteiger partial charge in [0.25, 0.3) is 5.91 Å². The molecule has 5 nitrogen and oxygen atoms in total. The lowest BCUT2D eigenvalue weighted by Gasteiger charge is -2.10. The van der Waals surface area contributed by atoms with Crippen molar-refractivity contribution in [3.8, 4) is 0 Å². The molecule has 0 saturated carbocycles. The summed E-state index contributed by atoms with van der Waals surface area (Å²) >= 11 is 0. The molecule has 5 heteroatoms. The van der Waals surface area contributed by atoms with Gasteiger partial charge in [0, 0.05) is 25.6 Å². The first kappa shape index (κ1) is 12.7. The molecule has 1 aromatic heterocycles. The van der Waals surface area contributed by atoms with E-state index in [1.807, 2.05) is 13.8 Å². The summed E-state index contributed by atoms with van der Waals surface area (Å²) in [6, 6.07) is 1.64. The van der Waals surface area contributed by atoms with Crippen LogP contribution in [0.5, 0.6) is 0 Å². The fraction of sp³-hybridized carbons (Fsp3) is 0.636. The maximum absolute atomic E-state index is 11.7. The summed E-state index contributed by atoms with van der Waals surface area (Å²) in [6.45, 7) is 4.39. The second kappa shape index (κ2) is 6.27. The monoisotopic (exact) mass is 226 g/mol. The number of amides is 1. The van der Waals surface area contributed by atoms with Gasteiger partial charge in [-0.3, -0.25) is 4.79 Å². The topological polar surface area (TPSA) is 64.4 Å². The SMILES string of the molecule is CCCc1cc(C(=O)N[C@@H](C)COC)no1. The summed E-state index contributed by atoms with van der Waals surface area (Å²) in [5.74, 6) is 0.516. The van der Waals surface area contributed by atoms with Crippen molar-refractivity contribution >= 4 is 5.91 Å². The number of rotatable bonds is 6. The Morgan fingerprint density at radius 1 is 1.69 bits per heavy atom. The van der Waals surface area contributed by atoms with E-state index in [1.54, 1.807) is 13.2 Å². The molecule has 0 saturated heterocycles. The zero-order chi connectivity index (χ0) is 12.0. The van der Waals surface area contributed by atoms with E-state index >= 15 is 0 Å². The van der Waals surface area contributed by atoms with Crippen LogP contribution in [0.1, 0.15) is 36.5 Å². The highest BCUT2D eigenvalue weighted by Gasteiger charge is 2.14. The van der Waals surface area contributed by atoms with E-state index in [-0.39, 0.29) is 11.9 Å². The van der Waals surface area contributed by atoms with Gasteiger partial charge in [-0.05, 0) is 13.3 Å². The molecule has 1 aromatic rings. The zero-order valence-corrected chi connectivity index (χ0v) is 9.95. The van der Waals surface area contributed by atoms with Gasteiger partial charge in [0.15, 0.2) is 5.69 Å². The van der Waals surface area contributed by atoms with Crippen molar-refractivity contribution in [3.63, 3.8) is 0 Å². The Kier molecular flexibility index (Phi) is 4.98. The van der Waals surface area contributed by atoms with Crippen LogP contribution in [0, 0.1) is 0 Å². The molecule has 1 atom stereocenters. The number of carbonyl (C=O) groups excluding carboxylic acids is 1. The van der Waals surface area contributed by atoms with Gasteiger partial charge in [-0.1, -0.05) is 12.1 Å². The number of aromatic nitrogens is 1. The van der Waals surface area contributed by atoms with Crippen LogP contribution in [0.2, 0.25) is 0 Å². The first-order chi connectivity index (χ1) is 7.67. The number of nitrogens with one attached hydrogen (secondary N) is 1. The van der Waals surface area contributed by atoms with Crippen LogP contribution in [0.3, 0.4) is 0 Å². The van der Waals surface area contributed by atoms with E-state index < -0.39 is 0 Å². The van der Waals surface area contributed by atoms with Gasteiger partial charge >= 0.3 is 0 Å². The molecule has 1 N–H and O–H groups in total. The minimum Gasteiger partial charge on any atom is -0.383 e. The smallest absolute Gasteiger partial charge is 0.273 e. The van der Waals surface area contributed by atoms with Crippen molar-refractivity contribution < 1.29 is 14.1 Å². The standard InChI is InChI=1S/C11H18N2O3/c1-4-5-9-6-10(13-16-9)11(14)12-8(2)7-15-3/h6,8H,4-5,7H2,1-3H3,(H,12,14)/t8-/m0/s1. The predicted molar refractivity (Wildman–Crippen MR) is 59.3 cm³/mol. The van der Waals surface area contributed by atoms with Crippen molar-refractivity contribution in [3.05, 3.63) is 17.5 Å². The van der Waals surface area contributed by atoms with Crippen molar-refractivity contribution in [2.45, 2.75) is 32.7 Å². The quantitative estimate of drug-likeness (QED) is 0.796. The summed E-state index contributed by atoms with van der Waals surface area (Å²) in [5, 5.41) is 6.49. The highest BCUT2D eigenvalue weighted by atomic mass is 16.5. The van der Waals surface area contributed by atoms with Crippen molar-refractivity contribution in [1.82, 2.24) is 10.5 Å². The molecule has 0 unspecified atom stereocenters. The van der Waals surface area contributed by atoms with Crippen molar-refractivity contribution in [2.24, 2.45) is 0 Å². The Bertz CT molecular complexity index is 336. The summed E-state index contributed by atoms with van der Waals surface area (Å²) < 4.78 is 9.95. The van der Waals surface area contributed by atoms with Gasteiger partial charge in [-0.2, -0.15) is 0 Å². The highest BCUT2D eigenvalue weighted by molar-refractivity contribution is 5.92. The lowest BCUT2D eigenvalue weighted by atomic mass is 10.2. The number of ether oxygens (including phenoxy) is 1. The molecular formula is C11H18N2O3. The van der Waals surface area contributed by atoms with Gasteiger partial charge < -0.3 is 14.6 Å². The van der Waals surface area contributed by atoms with Crippen LogP contribution in [0.15, 0.2) is 10.6 Å². The van der Waals surface area contributed by atoms with E-state index in [0.717, 1.165) is 18.6 Å². The van der Waals surface area contributed by atoms with Crippen LogP contribution >= 0.6 is 0 Å². The number of methoxy groups -OCH3 is 1. The molecule has 0 spiro atoms. The van der Waals surface area contributed by atoms with Gasteiger partial charge in [-0.25, -0.2) is 0 Å². The Hall–Kier alpha value is -1.36. The molecule has 16 heavy (non-hydrogen) atoms. The molecule has 0 aromatic carbocycles. The summed E-state index contributed by atoms with van der Waals surface area (Å²) in [7, 11) is 1.60. The van der Waals surface area contributed by atoms with Gasteiger partial charge in [0.2, 0.25) is 0 Å². The van der Waals surface area contributed by atoms with Gasteiger partial charge in [0.1, 0.15) is 5.76 Å². The second-order valence-corrected chi connectivity index (χ2v) is 3.76. The van der Waals surface area contributed by atoms with E-state index in [2.05, 4.69) is 10.5 Å². The maximum atomic E-state index is 11.7. The average Bonchev–Trinajstić information content (AvgIpc) is 2.67. The zero-order valence-electron chi connectivity index (χ0n) is 9.95. The maximum Gasteiger partial charge on any atom is 0.273 e. The van der Waals surface area contributed by atoms with Gasteiger partial charge in [-0.15, -0.1) is 0 Å². The van der Waals surface area contributed by atoms with Crippen molar-refractivity contribution in [2.75, 3.05) is 13.7 Å². The van der Waals surface area contributed by atoms with Crippen LogP contribution in [-0.2, 0) is 11.2 Å². The summed E-state index contributed by atoms with van der Waals surface area (Å²) in [4.78, 5) is 11.7. The number of aryl methyl sites for hydroxylation is 1. The Labute approximate surface area is 95.1 Å². The van der Waals surface area contributed by atoms with Crippen LogP contribution in [0.25, 0.3) is 0 Å². The van der Waals surface area contributed by atoms with Crippen LogP contribution in [0.4, 0.5) is 0 Å². The van der Waals surface area contributed by atoms with Gasteiger partial charge in [0.05, 0.1) is 6.61 Å². The molecule has 1 rings (SSSR count). The van der Waals surface area contributed by atoms with Crippen molar-refractivity contribution in [1.29, 1.82) is 0 Å². The molecule has 0 fully saturated rings. The van der Waals surface area contributed by atoms with Crippen LogP contribution < -0.4 is 5.32 Å². The van der Waals surface area contributed by atoms with E-state index in [0.29, 0.717) is 12.3 Å². The minimum atomic E-state index is -0.226. The molecular weight excluding hydrogens is 208 g/mol. The largest absolute Gasteiger partial charge is 0.383 e. The Morgan fingerprint density at radius 3 is 3.06 bits per heavy atom. The Balaban J connectivity index is 2.52. The molecule has 0 aliphatic rings. The van der Waals surface area contributed by atoms with E-state index in [9.17, 15) is 4.79 Å². The average molecular weight is 226 g/mol. The molecule has 90 valence electrons. The number of hydrogen-bond donors (Lipinski definition) is 1. The Morgan fingerprint density at radius 2 is 2.44 bits per heavy atom. The third-order valence-electron chi connectivity index (χ3n) is 2.08. The van der Waals surface area contributed by atoms with E-state index in [1.165, 1.54) is 0 Å².